The van der Waals surface area contributed by atoms with Crippen molar-refractivity contribution in [3.8, 4) is 33.8 Å². The third-order valence-corrected chi connectivity index (χ3v) is 10.1. The fourth-order valence-corrected chi connectivity index (χ4v) is 7.71. The molecule has 0 amide bonds. The first kappa shape index (κ1) is 29.1. The molecule has 0 N–H and O–H groups in total. The van der Waals surface area contributed by atoms with Gasteiger partial charge in [0.25, 0.3) is 0 Å². The van der Waals surface area contributed by atoms with Gasteiger partial charge in [-0.3, -0.25) is 0 Å². The van der Waals surface area contributed by atoms with E-state index in [2.05, 4.69) is 194 Å². The third-order valence-electron chi connectivity index (χ3n) is 10.1. The first-order valence-corrected chi connectivity index (χ1v) is 16.9. The Balaban J connectivity index is 1.30. The normalized spacial score (nSPS) is 13.5. The van der Waals surface area contributed by atoms with E-state index in [0.29, 0.717) is 0 Å². The predicted octanol–water partition coefficient (Wildman–Crippen LogP) is 13.0. The van der Waals surface area contributed by atoms with Gasteiger partial charge in [-0.1, -0.05) is 129 Å². The number of para-hydroxylation sites is 3. The predicted molar refractivity (Wildman–Crippen MR) is 204 cm³/mol. The summed E-state index contributed by atoms with van der Waals surface area (Å²) in [6.07, 6.45) is 0. The smallest absolute Gasteiger partial charge is 0.152 e. The van der Waals surface area contributed by atoms with E-state index in [1.54, 1.807) is 0 Å². The van der Waals surface area contributed by atoms with Crippen LogP contribution in [0.15, 0.2) is 164 Å². The topological polar surface area (TPSA) is 15.7 Å². The minimum atomic E-state index is -0.289. The lowest BCUT2D eigenvalue weighted by Gasteiger charge is -2.46. The van der Waals surface area contributed by atoms with E-state index >= 15 is 0 Å². The van der Waals surface area contributed by atoms with Crippen LogP contribution in [0.4, 0.5) is 34.1 Å². The van der Waals surface area contributed by atoms with Crippen LogP contribution >= 0.6 is 0 Å². The molecule has 2 heterocycles. The molecule has 7 aromatic carbocycles. The maximum absolute atomic E-state index is 6.80. The molecule has 2 aliphatic rings. The minimum Gasteiger partial charge on any atom is -0.453 e. The third kappa shape index (κ3) is 4.65. The summed E-state index contributed by atoms with van der Waals surface area (Å²) >= 11 is 0. The molecule has 49 heavy (non-hydrogen) atoms. The summed E-state index contributed by atoms with van der Waals surface area (Å²) in [4.78, 5) is 4.85. The highest BCUT2D eigenvalue weighted by atomic mass is 16.5. The molecule has 2 aliphatic heterocycles. The highest BCUT2D eigenvalue weighted by molar-refractivity contribution is 5.97. The van der Waals surface area contributed by atoms with Crippen molar-refractivity contribution in [2.45, 2.75) is 26.2 Å². The number of nitrogens with zero attached hydrogens (tertiary/aromatic N) is 2. The summed E-state index contributed by atoms with van der Waals surface area (Å²) < 4.78 is 6.80. The molecule has 0 fully saturated rings. The van der Waals surface area contributed by atoms with E-state index in [1.165, 1.54) is 39.1 Å². The summed E-state index contributed by atoms with van der Waals surface area (Å²) in [5.41, 5.74) is 14.8. The van der Waals surface area contributed by atoms with E-state index in [-0.39, 0.29) is 5.41 Å². The summed E-state index contributed by atoms with van der Waals surface area (Å²) in [5, 5.41) is 0. The Kier molecular flexibility index (Phi) is 6.70. The van der Waals surface area contributed by atoms with Crippen molar-refractivity contribution < 1.29 is 4.74 Å². The van der Waals surface area contributed by atoms with Gasteiger partial charge in [-0.25, -0.2) is 0 Å². The highest BCUT2D eigenvalue weighted by Gasteiger charge is 2.43. The van der Waals surface area contributed by atoms with Gasteiger partial charge < -0.3 is 14.5 Å². The number of hydrogen-bond acceptors (Lipinski definition) is 3. The summed E-state index contributed by atoms with van der Waals surface area (Å²) in [6, 6.07) is 58.6. The standard InChI is InChI=1S/C46H36N2O/c1-31-16-15-25-42-44(31)48-41-30-36(47(35-21-11-6-12-22-35)40-24-14-13-23-37(40)33-19-9-5-10-20-33)26-27-38(41)46(2,3)39-28-34(29-43(49-42)45(39)48)32-17-7-4-8-18-32/h4-30H,1-3H3. The Labute approximate surface area is 288 Å². The van der Waals surface area contributed by atoms with Crippen LogP contribution in [0.3, 0.4) is 0 Å². The van der Waals surface area contributed by atoms with Crippen LogP contribution in [0.2, 0.25) is 0 Å². The van der Waals surface area contributed by atoms with Crippen LogP contribution in [0.5, 0.6) is 11.5 Å². The first-order valence-electron chi connectivity index (χ1n) is 16.9. The number of aryl methyl sites for hydroxylation is 1. The molecular formula is C46H36N2O. The molecule has 0 saturated carbocycles. The van der Waals surface area contributed by atoms with Crippen molar-refractivity contribution in [3.05, 3.63) is 180 Å². The van der Waals surface area contributed by atoms with E-state index in [0.717, 1.165) is 45.5 Å². The Bertz CT molecular complexity index is 2350. The number of hydrogen-bond donors (Lipinski definition) is 0. The average Bonchev–Trinajstić information content (AvgIpc) is 3.14. The van der Waals surface area contributed by atoms with Gasteiger partial charge in [0.15, 0.2) is 11.5 Å². The lowest BCUT2D eigenvalue weighted by atomic mass is 9.72. The van der Waals surface area contributed by atoms with Gasteiger partial charge >= 0.3 is 0 Å². The van der Waals surface area contributed by atoms with E-state index in [9.17, 15) is 0 Å². The van der Waals surface area contributed by atoms with Gasteiger partial charge in [-0.2, -0.15) is 0 Å². The average molecular weight is 633 g/mol. The van der Waals surface area contributed by atoms with Crippen LogP contribution in [0.1, 0.15) is 30.5 Å². The SMILES string of the molecule is Cc1cccc2c1N1c3cc(N(c4ccccc4)c4ccccc4-c4ccccc4)ccc3C(C)(C)c3cc(-c4ccccc4)cc(c31)O2. The number of ether oxygens (including phenoxy) is 1. The van der Waals surface area contributed by atoms with Gasteiger partial charge in [-0.15, -0.1) is 0 Å². The van der Waals surface area contributed by atoms with Crippen molar-refractivity contribution in [2.75, 3.05) is 9.80 Å². The molecule has 0 unspecified atom stereocenters. The van der Waals surface area contributed by atoms with Gasteiger partial charge in [0.2, 0.25) is 0 Å². The Morgan fingerprint density at radius 3 is 1.94 bits per heavy atom. The van der Waals surface area contributed by atoms with Gasteiger partial charge in [-0.05, 0) is 88.8 Å². The molecule has 0 atom stereocenters. The van der Waals surface area contributed by atoms with Crippen molar-refractivity contribution in [1.82, 2.24) is 0 Å². The second-order valence-corrected chi connectivity index (χ2v) is 13.5. The molecule has 0 saturated heterocycles. The Morgan fingerprint density at radius 1 is 0.510 bits per heavy atom. The van der Waals surface area contributed by atoms with Crippen LogP contribution in [0, 0.1) is 6.92 Å². The monoisotopic (exact) mass is 632 g/mol. The summed E-state index contributed by atoms with van der Waals surface area (Å²) in [7, 11) is 0. The van der Waals surface area contributed by atoms with E-state index in [4.69, 9.17) is 4.74 Å². The number of benzene rings is 7. The molecule has 7 aromatic rings. The molecule has 3 heteroatoms. The molecule has 0 radical (unpaired) electrons. The maximum Gasteiger partial charge on any atom is 0.152 e. The van der Waals surface area contributed by atoms with E-state index < -0.39 is 0 Å². The highest BCUT2D eigenvalue weighted by Crippen LogP contribution is 2.62. The quantitative estimate of drug-likeness (QED) is 0.188. The largest absolute Gasteiger partial charge is 0.453 e. The maximum atomic E-state index is 6.80. The first-order chi connectivity index (χ1) is 24.0. The van der Waals surface area contributed by atoms with Crippen LogP contribution < -0.4 is 14.5 Å². The van der Waals surface area contributed by atoms with Crippen molar-refractivity contribution in [1.29, 1.82) is 0 Å². The zero-order chi connectivity index (χ0) is 33.1. The molecule has 0 spiro atoms. The van der Waals surface area contributed by atoms with Gasteiger partial charge in [0.05, 0.1) is 22.7 Å². The molecule has 0 bridgehead atoms. The van der Waals surface area contributed by atoms with Crippen molar-refractivity contribution >= 4 is 34.1 Å². The number of anilines is 6. The lowest BCUT2D eigenvalue weighted by molar-refractivity contribution is 0.471. The molecule has 0 aromatic heterocycles. The summed E-state index contributed by atoms with van der Waals surface area (Å²) in [5.74, 6) is 1.75. The molecule has 236 valence electrons. The van der Waals surface area contributed by atoms with Gasteiger partial charge in [0, 0.05) is 22.4 Å². The van der Waals surface area contributed by atoms with Crippen LogP contribution in [-0.2, 0) is 5.41 Å². The molecule has 3 nitrogen and oxygen atoms in total. The van der Waals surface area contributed by atoms with E-state index in [1.807, 2.05) is 0 Å². The molecule has 9 rings (SSSR count). The zero-order valence-electron chi connectivity index (χ0n) is 27.9. The fraction of sp³-hybridized carbons (Fsp3) is 0.0870. The Hall–Kier alpha value is -6.06. The van der Waals surface area contributed by atoms with Gasteiger partial charge in [0.1, 0.15) is 0 Å². The second-order valence-electron chi connectivity index (χ2n) is 13.5. The van der Waals surface area contributed by atoms with Crippen LogP contribution in [-0.4, -0.2) is 0 Å². The minimum absolute atomic E-state index is 0.289. The van der Waals surface area contributed by atoms with Crippen molar-refractivity contribution in [3.63, 3.8) is 0 Å². The summed E-state index contributed by atoms with van der Waals surface area (Å²) in [6.45, 7) is 6.88. The van der Waals surface area contributed by atoms with Crippen LogP contribution in [0.25, 0.3) is 22.3 Å². The number of fused-ring (bicyclic) bond motifs is 4. The molecule has 0 aliphatic carbocycles. The fourth-order valence-electron chi connectivity index (χ4n) is 7.71. The molecular weight excluding hydrogens is 597 g/mol. The number of rotatable bonds is 5. The van der Waals surface area contributed by atoms with Crippen molar-refractivity contribution in [2.24, 2.45) is 0 Å². The second kappa shape index (κ2) is 11.3. The lowest BCUT2D eigenvalue weighted by Crippen LogP contribution is -2.33. The zero-order valence-corrected chi connectivity index (χ0v) is 27.9. The Morgan fingerprint density at radius 2 is 1.18 bits per heavy atom.